The van der Waals surface area contributed by atoms with Crippen LogP contribution in [-0.4, -0.2) is 18.5 Å². The molecule has 1 amide bonds. The van der Waals surface area contributed by atoms with Gasteiger partial charge in [-0.05, 0) is 17.7 Å². The highest BCUT2D eigenvalue weighted by atomic mass is 19.4. The first-order valence-electron chi connectivity index (χ1n) is 5.81. The van der Waals surface area contributed by atoms with Crippen LogP contribution in [0, 0.1) is 0 Å². The number of nitrogens with one attached hydrogen (secondary N) is 1. The highest BCUT2D eigenvalue weighted by Gasteiger charge is 2.31. The first kappa shape index (κ1) is 16.0. The van der Waals surface area contributed by atoms with E-state index in [1.54, 1.807) is 0 Å². The lowest BCUT2D eigenvalue weighted by Gasteiger charge is -2.14. The molecular weight excluding hydrogens is 275 g/mol. The summed E-state index contributed by atoms with van der Waals surface area (Å²) < 4.78 is 42.6. The summed E-state index contributed by atoms with van der Waals surface area (Å²) in [7, 11) is 0. The number of esters is 1. The molecular formula is C13H14F3NO3. The van der Waals surface area contributed by atoms with Crippen LogP contribution in [-0.2, 0) is 26.9 Å². The molecule has 1 aromatic rings. The largest absolute Gasteiger partial charge is 0.466 e. The van der Waals surface area contributed by atoms with Gasteiger partial charge in [-0.3, -0.25) is 9.59 Å². The summed E-state index contributed by atoms with van der Waals surface area (Å²) in [5.41, 5.74) is -0.314. The van der Waals surface area contributed by atoms with E-state index in [0.29, 0.717) is 5.56 Å². The van der Waals surface area contributed by atoms with Gasteiger partial charge in [-0.2, -0.15) is 13.2 Å². The quantitative estimate of drug-likeness (QED) is 0.867. The van der Waals surface area contributed by atoms with Crippen LogP contribution in [0.3, 0.4) is 0 Å². The summed E-state index contributed by atoms with van der Waals surface area (Å²) >= 11 is 0. The van der Waals surface area contributed by atoms with Crippen molar-refractivity contribution < 1.29 is 27.5 Å². The van der Waals surface area contributed by atoms with E-state index in [1.807, 2.05) is 0 Å². The number of benzene rings is 1. The molecule has 110 valence electrons. The fourth-order valence-electron chi connectivity index (χ4n) is 1.58. The average Bonchev–Trinajstić information content (AvgIpc) is 2.28. The topological polar surface area (TPSA) is 55.4 Å². The van der Waals surface area contributed by atoms with Gasteiger partial charge in [0.05, 0.1) is 12.2 Å². The smallest absolute Gasteiger partial charge is 0.416 e. The molecule has 0 heterocycles. The number of ether oxygens (including phenoxy) is 1. The molecule has 0 saturated carbocycles. The van der Waals surface area contributed by atoms with Crippen LogP contribution in [0.4, 0.5) is 18.9 Å². The van der Waals surface area contributed by atoms with Gasteiger partial charge >= 0.3 is 12.1 Å². The highest BCUT2D eigenvalue weighted by Crippen LogP contribution is 2.32. The monoisotopic (exact) mass is 289 g/mol. The SMILES string of the molecule is CC(=O)Nc1cc(C(F)(F)F)ccc1CCOC(C)=O. The van der Waals surface area contributed by atoms with Crippen LogP contribution in [0.2, 0.25) is 0 Å². The molecule has 0 unspecified atom stereocenters. The molecule has 0 fully saturated rings. The van der Waals surface area contributed by atoms with E-state index in [1.165, 1.54) is 19.9 Å². The van der Waals surface area contributed by atoms with Crippen molar-refractivity contribution in [1.29, 1.82) is 0 Å². The normalized spacial score (nSPS) is 11.1. The lowest BCUT2D eigenvalue weighted by molar-refractivity contribution is -0.141. The Labute approximate surface area is 113 Å². The Balaban J connectivity index is 2.97. The molecule has 1 N–H and O–H groups in total. The molecule has 0 spiro atoms. The Kier molecular flexibility index (Phi) is 5.12. The van der Waals surface area contributed by atoms with Gasteiger partial charge in [-0.15, -0.1) is 0 Å². The van der Waals surface area contributed by atoms with Gasteiger partial charge in [-0.25, -0.2) is 0 Å². The molecule has 0 bridgehead atoms. The lowest BCUT2D eigenvalue weighted by Crippen LogP contribution is -2.13. The molecule has 20 heavy (non-hydrogen) atoms. The third kappa shape index (κ3) is 4.91. The number of alkyl halides is 3. The Hall–Kier alpha value is -2.05. The average molecular weight is 289 g/mol. The van der Waals surface area contributed by atoms with E-state index in [-0.39, 0.29) is 18.7 Å². The van der Waals surface area contributed by atoms with Crippen molar-refractivity contribution >= 4 is 17.6 Å². The van der Waals surface area contributed by atoms with Crippen molar-refractivity contribution in [3.05, 3.63) is 29.3 Å². The predicted octanol–water partition coefficient (Wildman–Crippen LogP) is 2.77. The number of carbonyl (C=O) groups excluding carboxylic acids is 2. The van der Waals surface area contributed by atoms with Crippen LogP contribution < -0.4 is 5.32 Å². The Bertz CT molecular complexity index is 512. The lowest BCUT2D eigenvalue weighted by atomic mass is 10.1. The Morgan fingerprint density at radius 3 is 2.40 bits per heavy atom. The second-order valence-electron chi connectivity index (χ2n) is 4.14. The minimum absolute atomic E-state index is 0.0350. The number of hydrogen-bond acceptors (Lipinski definition) is 3. The van der Waals surface area contributed by atoms with E-state index in [4.69, 9.17) is 4.74 Å². The van der Waals surface area contributed by atoms with E-state index in [9.17, 15) is 22.8 Å². The van der Waals surface area contributed by atoms with Crippen LogP contribution in [0.15, 0.2) is 18.2 Å². The number of rotatable bonds is 4. The molecule has 1 rings (SSSR count). The van der Waals surface area contributed by atoms with Crippen LogP contribution in [0.1, 0.15) is 25.0 Å². The molecule has 4 nitrogen and oxygen atoms in total. The van der Waals surface area contributed by atoms with Crippen LogP contribution in [0.25, 0.3) is 0 Å². The van der Waals surface area contributed by atoms with E-state index in [2.05, 4.69) is 5.32 Å². The fourth-order valence-corrected chi connectivity index (χ4v) is 1.58. The van der Waals surface area contributed by atoms with Crippen molar-refractivity contribution in [2.75, 3.05) is 11.9 Å². The Morgan fingerprint density at radius 2 is 1.90 bits per heavy atom. The standard InChI is InChI=1S/C13H14F3NO3/c1-8(18)17-12-7-11(13(14,15)16)4-3-10(12)5-6-20-9(2)19/h3-4,7H,5-6H2,1-2H3,(H,17,18). The second kappa shape index (κ2) is 6.40. The summed E-state index contributed by atoms with van der Waals surface area (Å²) in [5, 5.41) is 2.34. The van der Waals surface area contributed by atoms with Crippen molar-refractivity contribution in [3.8, 4) is 0 Å². The molecule has 0 radical (unpaired) electrons. The summed E-state index contributed by atoms with van der Waals surface area (Å²) in [5.74, 6) is -0.948. The predicted molar refractivity (Wildman–Crippen MR) is 66.1 cm³/mol. The minimum Gasteiger partial charge on any atom is -0.466 e. The highest BCUT2D eigenvalue weighted by molar-refractivity contribution is 5.89. The van der Waals surface area contributed by atoms with Crippen molar-refractivity contribution in [2.45, 2.75) is 26.4 Å². The van der Waals surface area contributed by atoms with Crippen LogP contribution in [0.5, 0.6) is 0 Å². The summed E-state index contributed by atoms with van der Waals surface area (Å²) in [4.78, 5) is 21.7. The molecule has 0 aliphatic heterocycles. The maximum Gasteiger partial charge on any atom is 0.416 e. The van der Waals surface area contributed by atoms with Gasteiger partial charge in [0, 0.05) is 26.0 Å². The van der Waals surface area contributed by atoms with E-state index >= 15 is 0 Å². The zero-order valence-electron chi connectivity index (χ0n) is 11.0. The fraction of sp³-hybridized carbons (Fsp3) is 0.385. The molecule has 0 saturated heterocycles. The van der Waals surface area contributed by atoms with E-state index < -0.39 is 23.6 Å². The maximum atomic E-state index is 12.6. The van der Waals surface area contributed by atoms with Gasteiger partial charge in [0.2, 0.25) is 5.91 Å². The van der Waals surface area contributed by atoms with Crippen molar-refractivity contribution in [2.24, 2.45) is 0 Å². The second-order valence-corrected chi connectivity index (χ2v) is 4.14. The van der Waals surface area contributed by atoms with Crippen molar-refractivity contribution in [1.82, 2.24) is 0 Å². The van der Waals surface area contributed by atoms with Gasteiger partial charge in [-0.1, -0.05) is 6.07 Å². The minimum atomic E-state index is -4.48. The molecule has 7 heteroatoms. The van der Waals surface area contributed by atoms with Crippen molar-refractivity contribution in [3.63, 3.8) is 0 Å². The van der Waals surface area contributed by atoms with Gasteiger partial charge in [0.25, 0.3) is 0 Å². The first-order valence-corrected chi connectivity index (χ1v) is 5.81. The number of hydrogen-bond donors (Lipinski definition) is 1. The Morgan fingerprint density at radius 1 is 1.25 bits per heavy atom. The summed E-state index contributed by atoms with van der Waals surface area (Å²) in [6.07, 6.45) is -4.27. The molecule has 1 aromatic carbocycles. The number of carbonyl (C=O) groups is 2. The van der Waals surface area contributed by atoms with Gasteiger partial charge < -0.3 is 10.1 Å². The summed E-state index contributed by atoms with van der Waals surface area (Å²) in [6, 6.07) is 3.05. The van der Waals surface area contributed by atoms with Gasteiger partial charge in [0.15, 0.2) is 0 Å². The molecule has 0 atom stereocenters. The van der Waals surface area contributed by atoms with Gasteiger partial charge in [0.1, 0.15) is 0 Å². The summed E-state index contributed by atoms with van der Waals surface area (Å²) in [6.45, 7) is 2.48. The number of amides is 1. The zero-order chi connectivity index (χ0) is 15.3. The molecule has 0 aliphatic rings. The first-order chi connectivity index (χ1) is 9.20. The maximum absolute atomic E-state index is 12.6. The zero-order valence-corrected chi connectivity index (χ0v) is 11.0. The number of halogens is 3. The number of anilines is 1. The molecule has 0 aromatic heterocycles. The van der Waals surface area contributed by atoms with E-state index in [0.717, 1.165) is 12.1 Å². The third-order valence-corrected chi connectivity index (χ3v) is 2.42. The third-order valence-electron chi connectivity index (χ3n) is 2.42. The molecule has 0 aliphatic carbocycles. The van der Waals surface area contributed by atoms with Crippen LogP contribution >= 0.6 is 0 Å².